The molecule has 1 aromatic heterocycles. The maximum absolute atomic E-state index is 11.7. The molecule has 1 aromatic carbocycles. The largest absolute Gasteiger partial charge is 0.370 e. The molecule has 0 saturated carbocycles. The third-order valence-electron chi connectivity index (χ3n) is 3.21. The van der Waals surface area contributed by atoms with E-state index in [9.17, 15) is 4.79 Å². The monoisotopic (exact) mass is 312 g/mol. The summed E-state index contributed by atoms with van der Waals surface area (Å²) < 4.78 is 1.68. The number of hydrogen-bond acceptors (Lipinski definition) is 2. The van der Waals surface area contributed by atoms with Crippen LogP contribution in [0.2, 0.25) is 0 Å². The van der Waals surface area contributed by atoms with Gasteiger partial charge in [0, 0.05) is 17.8 Å². The number of rotatable bonds is 4. The van der Waals surface area contributed by atoms with Crippen molar-refractivity contribution in [1.82, 2.24) is 9.88 Å². The molecule has 0 aliphatic heterocycles. The van der Waals surface area contributed by atoms with Crippen LogP contribution in [0.25, 0.3) is 0 Å². The molecule has 1 heterocycles. The van der Waals surface area contributed by atoms with E-state index in [1.165, 1.54) is 0 Å². The average molecular weight is 312 g/mol. The standard InChI is InChI=1S/C18H24N4O/c1-18(2,3)21-17(19)20-12-14-7-9-15(10-8-14)13-22-11-5-4-6-16(22)23/h4-11H,12-13H2,1-3H3,(H3,19,20,21). The summed E-state index contributed by atoms with van der Waals surface area (Å²) in [5.74, 6) is 0.442. The van der Waals surface area contributed by atoms with Gasteiger partial charge in [-0.05, 0) is 38.0 Å². The maximum atomic E-state index is 11.7. The number of aliphatic imine (C=N–C) groups is 1. The lowest BCUT2D eigenvalue weighted by atomic mass is 10.1. The highest BCUT2D eigenvalue weighted by molar-refractivity contribution is 5.78. The van der Waals surface area contributed by atoms with Crippen LogP contribution in [0, 0.1) is 0 Å². The molecule has 0 aliphatic rings. The van der Waals surface area contributed by atoms with Gasteiger partial charge in [-0.25, -0.2) is 4.99 Å². The van der Waals surface area contributed by atoms with Gasteiger partial charge in [0.25, 0.3) is 5.56 Å². The molecular weight excluding hydrogens is 288 g/mol. The number of nitrogens with two attached hydrogens (primary N) is 1. The number of pyridine rings is 1. The molecule has 0 unspecified atom stereocenters. The lowest BCUT2D eigenvalue weighted by molar-refractivity contribution is 0.508. The highest BCUT2D eigenvalue weighted by Crippen LogP contribution is 2.07. The minimum absolute atomic E-state index is 0.00204. The fourth-order valence-electron chi connectivity index (χ4n) is 2.14. The minimum atomic E-state index is -0.0968. The van der Waals surface area contributed by atoms with Crippen LogP contribution in [-0.4, -0.2) is 16.1 Å². The van der Waals surface area contributed by atoms with Crippen molar-refractivity contribution in [2.45, 2.75) is 39.4 Å². The smallest absolute Gasteiger partial charge is 0.250 e. The molecule has 0 radical (unpaired) electrons. The van der Waals surface area contributed by atoms with Gasteiger partial charge < -0.3 is 15.6 Å². The van der Waals surface area contributed by atoms with Crippen LogP contribution in [0.1, 0.15) is 31.9 Å². The van der Waals surface area contributed by atoms with Crippen molar-refractivity contribution < 1.29 is 0 Å². The molecule has 3 N–H and O–H groups in total. The van der Waals surface area contributed by atoms with Gasteiger partial charge in [-0.1, -0.05) is 30.3 Å². The van der Waals surface area contributed by atoms with Gasteiger partial charge >= 0.3 is 0 Å². The molecule has 2 aromatic rings. The number of aromatic nitrogens is 1. The number of nitrogens with zero attached hydrogens (tertiary/aromatic N) is 2. The summed E-state index contributed by atoms with van der Waals surface area (Å²) in [6.45, 7) is 7.21. The molecule has 5 nitrogen and oxygen atoms in total. The molecule has 0 amide bonds. The summed E-state index contributed by atoms with van der Waals surface area (Å²) in [4.78, 5) is 16.0. The highest BCUT2D eigenvalue weighted by atomic mass is 16.1. The Kier molecular flexibility index (Phi) is 5.21. The van der Waals surface area contributed by atoms with E-state index in [-0.39, 0.29) is 11.1 Å². The Morgan fingerprint density at radius 1 is 1.13 bits per heavy atom. The zero-order chi connectivity index (χ0) is 16.9. The zero-order valence-electron chi connectivity index (χ0n) is 13.9. The van der Waals surface area contributed by atoms with Crippen LogP contribution < -0.4 is 16.6 Å². The predicted octanol–water partition coefficient (Wildman–Crippen LogP) is 2.10. The van der Waals surface area contributed by atoms with Gasteiger partial charge in [0.05, 0.1) is 13.1 Å². The topological polar surface area (TPSA) is 72.4 Å². The van der Waals surface area contributed by atoms with Gasteiger partial charge in [-0.2, -0.15) is 0 Å². The first-order chi connectivity index (χ1) is 10.8. The van der Waals surface area contributed by atoms with E-state index in [0.29, 0.717) is 19.0 Å². The molecule has 23 heavy (non-hydrogen) atoms. The Labute approximate surface area is 136 Å². The van der Waals surface area contributed by atoms with E-state index in [0.717, 1.165) is 11.1 Å². The molecule has 0 saturated heterocycles. The lowest BCUT2D eigenvalue weighted by Gasteiger charge is -2.21. The third kappa shape index (κ3) is 5.62. The second-order valence-electron chi connectivity index (χ2n) is 6.56. The first kappa shape index (κ1) is 16.8. The second kappa shape index (κ2) is 7.13. The maximum Gasteiger partial charge on any atom is 0.250 e. The van der Waals surface area contributed by atoms with Crippen LogP contribution in [0.4, 0.5) is 0 Å². The highest BCUT2D eigenvalue weighted by Gasteiger charge is 2.09. The minimum Gasteiger partial charge on any atom is -0.370 e. The van der Waals surface area contributed by atoms with Crippen LogP contribution >= 0.6 is 0 Å². The molecule has 2 rings (SSSR count). The van der Waals surface area contributed by atoms with Crippen molar-refractivity contribution in [2.24, 2.45) is 10.7 Å². The van der Waals surface area contributed by atoms with E-state index in [2.05, 4.69) is 10.3 Å². The summed E-state index contributed by atoms with van der Waals surface area (Å²) >= 11 is 0. The summed E-state index contributed by atoms with van der Waals surface area (Å²) in [5.41, 5.74) is 7.91. The van der Waals surface area contributed by atoms with Gasteiger partial charge in [0.15, 0.2) is 5.96 Å². The van der Waals surface area contributed by atoms with E-state index in [4.69, 9.17) is 5.73 Å². The number of nitrogens with one attached hydrogen (secondary N) is 1. The van der Waals surface area contributed by atoms with Crippen LogP contribution in [-0.2, 0) is 13.1 Å². The van der Waals surface area contributed by atoms with Crippen LogP contribution in [0.5, 0.6) is 0 Å². The fraction of sp³-hybridized carbons (Fsp3) is 0.333. The van der Waals surface area contributed by atoms with E-state index in [1.54, 1.807) is 22.9 Å². The van der Waals surface area contributed by atoms with Gasteiger partial charge in [0.1, 0.15) is 0 Å². The first-order valence-electron chi connectivity index (χ1n) is 7.65. The van der Waals surface area contributed by atoms with Gasteiger partial charge in [-0.15, -0.1) is 0 Å². The molecule has 0 bridgehead atoms. The van der Waals surface area contributed by atoms with Gasteiger partial charge in [-0.3, -0.25) is 4.79 Å². The Morgan fingerprint density at radius 3 is 2.39 bits per heavy atom. The molecule has 0 aliphatic carbocycles. The van der Waals surface area contributed by atoms with Crippen molar-refractivity contribution >= 4 is 5.96 Å². The summed E-state index contributed by atoms with van der Waals surface area (Å²) in [7, 11) is 0. The Bertz CT molecular complexity index is 724. The number of guanidine groups is 1. The normalized spacial score (nSPS) is 12.2. The molecule has 0 fully saturated rings. The van der Waals surface area contributed by atoms with Crippen molar-refractivity contribution in [3.63, 3.8) is 0 Å². The predicted molar refractivity (Wildman–Crippen MR) is 94.5 cm³/mol. The first-order valence-corrected chi connectivity index (χ1v) is 7.65. The van der Waals surface area contributed by atoms with Crippen molar-refractivity contribution in [1.29, 1.82) is 0 Å². The number of hydrogen-bond donors (Lipinski definition) is 2. The Balaban J connectivity index is 1.99. The summed E-state index contributed by atoms with van der Waals surface area (Å²) in [6, 6.07) is 13.2. The Hall–Kier alpha value is -2.56. The summed E-state index contributed by atoms with van der Waals surface area (Å²) in [6.07, 6.45) is 1.79. The van der Waals surface area contributed by atoms with Crippen LogP contribution in [0.15, 0.2) is 58.4 Å². The van der Waals surface area contributed by atoms with Crippen molar-refractivity contribution in [3.8, 4) is 0 Å². The third-order valence-corrected chi connectivity index (χ3v) is 3.21. The molecule has 0 atom stereocenters. The van der Waals surface area contributed by atoms with E-state index in [1.807, 2.05) is 51.1 Å². The SMILES string of the molecule is CC(C)(C)NC(N)=NCc1ccc(Cn2ccccc2=O)cc1. The zero-order valence-corrected chi connectivity index (χ0v) is 13.9. The second-order valence-corrected chi connectivity index (χ2v) is 6.56. The molecule has 0 spiro atoms. The lowest BCUT2D eigenvalue weighted by Crippen LogP contribution is -2.44. The number of benzene rings is 1. The van der Waals surface area contributed by atoms with E-state index >= 15 is 0 Å². The van der Waals surface area contributed by atoms with Crippen LogP contribution in [0.3, 0.4) is 0 Å². The summed E-state index contributed by atoms with van der Waals surface area (Å²) in [5, 5.41) is 3.13. The fourth-order valence-corrected chi connectivity index (χ4v) is 2.14. The van der Waals surface area contributed by atoms with E-state index < -0.39 is 0 Å². The Morgan fingerprint density at radius 2 is 1.78 bits per heavy atom. The van der Waals surface area contributed by atoms with Crippen molar-refractivity contribution in [2.75, 3.05) is 0 Å². The molecule has 122 valence electrons. The van der Waals surface area contributed by atoms with Crippen molar-refractivity contribution in [3.05, 3.63) is 70.1 Å². The molecule has 5 heteroatoms. The average Bonchev–Trinajstić information content (AvgIpc) is 2.47. The quantitative estimate of drug-likeness (QED) is 0.671. The van der Waals surface area contributed by atoms with Gasteiger partial charge in [0.2, 0.25) is 0 Å². The molecular formula is C18H24N4O.